The number of nitrogens with zero attached hydrogens (tertiary/aromatic N) is 4. The maximum Gasteiger partial charge on any atom is 0.290 e. The van der Waals surface area contributed by atoms with Crippen LogP contribution in [0, 0.1) is 0 Å². The number of para-hydroxylation sites is 2. The SMILES string of the molecule is CCc1ccc(-c2nc(C(=O)N/N=C\c3cnc4ccccc4n3)cs2)cc1. The van der Waals surface area contributed by atoms with Crippen molar-refractivity contribution in [1.82, 2.24) is 20.4 Å². The van der Waals surface area contributed by atoms with Crippen LogP contribution in [0.15, 0.2) is 65.2 Å². The second-order valence-electron chi connectivity index (χ2n) is 6.07. The molecule has 0 aliphatic rings. The van der Waals surface area contributed by atoms with Crippen molar-refractivity contribution in [3.63, 3.8) is 0 Å². The van der Waals surface area contributed by atoms with Crippen LogP contribution < -0.4 is 5.43 Å². The Bertz CT molecular complexity index is 1150. The molecule has 0 unspecified atom stereocenters. The van der Waals surface area contributed by atoms with Crippen molar-refractivity contribution < 1.29 is 4.79 Å². The number of nitrogens with one attached hydrogen (secondary N) is 1. The van der Waals surface area contributed by atoms with E-state index in [4.69, 9.17) is 0 Å². The van der Waals surface area contributed by atoms with Gasteiger partial charge in [0.1, 0.15) is 16.4 Å². The quantitative estimate of drug-likeness (QED) is 0.413. The largest absolute Gasteiger partial charge is 0.290 e. The fraction of sp³-hybridized carbons (Fsp3) is 0.0952. The van der Waals surface area contributed by atoms with Gasteiger partial charge in [-0.1, -0.05) is 43.3 Å². The molecular formula is C21H17N5OS. The number of carbonyl (C=O) groups is 1. The summed E-state index contributed by atoms with van der Waals surface area (Å²) < 4.78 is 0. The second-order valence-corrected chi connectivity index (χ2v) is 6.93. The zero-order chi connectivity index (χ0) is 19.3. The monoisotopic (exact) mass is 387 g/mol. The van der Waals surface area contributed by atoms with Crippen molar-refractivity contribution >= 4 is 34.5 Å². The van der Waals surface area contributed by atoms with E-state index in [1.165, 1.54) is 23.1 Å². The van der Waals surface area contributed by atoms with Crippen LogP contribution in [0.25, 0.3) is 21.6 Å². The average molecular weight is 387 g/mol. The summed E-state index contributed by atoms with van der Waals surface area (Å²) in [4.78, 5) is 25.4. The fourth-order valence-corrected chi connectivity index (χ4v) is 3.45. The van der Waals surface area contributed by atoms with Gasteiger partial charge in [-0.05, 0) is 24.1 Å². The summed E-state index contributed by atoms with van der Waals surface area (Å²) in [7, 11) is 0. The highest BCUT2D eigenvalue weighted by Gasteiger charge is 2.11. The molecule has 0 aliphatic heterocycles. The lowest BCUT2D eigenvalue weighted by Gasteiger charge is -1.99. The second kappa shape index (κ2) is 8.06. The smallest absolute Gasteiger partial charge is 0.266 e. The number of aromatic nitrogens is 3. The Morgan fingerprint density at radius 1 is 1.11 bits per heavy atom. The average Bonchev–Trinajstić information content (AvgIpc) is 3.24. The number of fused-ring (bicyclic) bond motifs is 1. The van der Waals surface area contributed by atoms with Gasteiger partial charge in [0.15, 0.2) is 0 Å². The van der Waals surface area contributed by atoms with Crippen LogP contribution in [0.5, 0.6) is 0 Å². The highest BCUT2D eigenvalue weighted by Crippen LogP contribution is 2.24. The van der Waals surface area contributed by atoms with E-state index in [9.17, 15) is 4.79 Å². The Labute approximate surface area is 166 Å². The standard InChI is InChI=1S/C21H17N5OS/c1-2-14-7-9-15(10-8-14)21-25-19(13-28-21)20(27)26-23-12-16-11-22-17-5-3-4-6-18(17)24-16/h3-13H,2H2,1H3,(H,26,27)/b23-12-. The lowest BCUT2D eigenvalue weighted by molar-refractivity contribution is 0.0951. The van der Waals surface area contributed by atoms with E-state index in [1.807, 2.05) is 36.4 Å². The predicted octanol–water partition coefficient (Wildman–Crippen LogP) is 4.08. The van der Waals surface area contributed by atoms with Crippen molar-refractivity contribution in [2.75, 3.05) is 0 Å². The number of hydrazone groups is 1. The summed E-state index contributed by atoms with van der Waals surface area (Å²) in [6.45, 7) is 2.12. The van der Waals surface area contributed by atoms with Crippen LogP contribution in [0.1, 0.15) is 28.7 Å². The summed E-state index contributed by atoms with van der Waals surface area (Å²) in [6.07, 6.45) is 4.07. The number of amides is 1. The molecule has 2 heterocycles. The van der Waals surface area contributed by atoms with E-state index in [2.05, 4.69) is 44.5 Å². The Hall–Kier alpha value is -3.45. The molecule has 0 aliphatic carbocycles. The van der Waals surface area contributed by atoms with E-state index in [0.29, 0.717) is 11.4 Å². The molecule has 4 aromatic rings. The molecule has 0 bridgehead atoms. The van der Waals surface area contributed by atoms with Crippen molar-refractivity contribution in [1.29, 1.82) is 0 Å². The first kappa shape index (κ1) is 17.9. The molecule has 1 N–H and O–H groups in total. The third-order valence-corrected chi connectivity index (χ3v) is 5.07. The molecule has 6 nitrogen and oxygen atoms in total. The van der Waals surface area contributed by atoms with Crippen LogP contribution in [0.3, 0.4) is 0 Å². The lowest BCUT2D eigenvalue weighted by Crippen LogP contribution is -2.18. The van der Waals surface area contributed by atoms with E-state index in [-0.39, 0.29) is 5.91 Å². The molecule has 7 heteroatoms. The summed E-state index contributed by atoms with van der Waals surface area (Å²) in [6, 6.07) is 15.8. The van der Waals surface area contributed by atoms with Crippen LogP contribution >= 0.6 is 11.3 Å². The molecule has 2 aromatic carbocycles. The number of rotatable bonds is 5. The van der Waals surface area contributed by atoms with Crippen LogP contribution in [-0.4, -0.2) is 27.1 Å². The van der Waals surface area contributed by atoms with Gasteiger partial charge in [-0.25, -0.2) is 15.4 Å². The molecule has 138 valence electrons. The molecule has 28 heavy (non-hydrogen) atoms. The highest BCUT2D eigenvalue weighted by molar-refractivity contribution is 7.13. The minimum atomic E-state index is -0.363. The molecule has 0 saturated heterocycles. The van der Waals surface area contributed by atoms with Gasteiger partial charge in [0.05, 0.1) is 23.4 Å². The first-order valence-electron chi connectivity index (χ1n) is 8.83. The highest BCUT2D eigenvalue weighted by atomic mass is 32.1. The molecule has 0 spiro atoms. The van der Waals surface area contributed by atoms with Gasteiger partial charge < -0.3 is 0 Å². The third kappa shape index (κ3) is 3.94. The zero-order valence-corrected chi connectivity index (χ0v) is 16.0. The number of aryl methyl sites for hydroxylation is 1. The Balaban J connectivity index is 1.43. The number of carbonyl (C=O) groups excluding carboxylic acids is 1. The maximum absolute atomic E-state index is 12.3. The minimum absolute atomic E-state index is 0.335. The first-order valence-corrected chi connectivity index (χ1v) is 9.71. The molecule has 0 fully saturated rings. The molecule has 2 aromatic heterocycles. The van der Waals surface area contributed by atoms with Gasteiger partial charge in [0.2, 0.25) is 0 Å². The molecular weight excluding hydrogens is 370 g/mol. The van der Waals surface area contributed by atoms with Gasteiger partial charge in [0, 0.05) is 10.9 Å². The van der Waals surface area contributed by atoms with Gasteiger partial charge in [-0.2, -0.15) is 5.10 Å². The topological polar surface area (TPSA) is 80.1 Å². The van der Waals surface area contributed by atoms with Crippen molar-refractivity contribution in [3.05, 3.63) is 77.1 Å². The Kier molecular flexibility index (Phi) is 5.16. The summed E-state index contributed by atoms with van der Waals surface area (Å²) in [5, 5.41) is 6.50. The van der Waals surface area contributed by atoms with Crippen molar-refractivity contribution in [2.24, 2.45) is 5.10 Å². The summed E-state index contributed by atoms with van der Waals surface area (Å²) in [5.74, 6) is -0.363. The lowest BCUT2D eigenvalue weighted by atomic mass is 10.1. The minimum Gasteiger partial charge on any atom is -0.266 e. The summed E-state index contributed by atoms with van der Waals surface area (Å²) in [5.41, 5.74) is 7.23. The van der Waals surface area contributed by atoms with Crippen LogP contribution in [-0.2, 0) is 6.42 Å². The zero-order valence-electron chi connectivity index (χ0n) is 15.2. The Morgan fingerprint density at radius 3 is 2.68 bits per heavy atom. The number of hydrogen-bond acceptors (Lipinski definition) is 6. The Morgan fingerprint density at radius 2 is 1.89 bits per heavy atom. The van der Waals surface area contributed by atoms with E-state index < -0.39 is 0 Å². The number of thiazole rings is 1. The third-order valence-electron chi connectivity index (χ3n) is 4.18. The van der Waals surface area contributed by atoms with E-state index >= 15 is 0 Å². The molecule has 0 radical (unpaired) electrons. The van der Waals surface area contributed by atoms with Crippen molar-refractivity contribution in [2.45, 2.75) is 13.3 Å². The number of benzene rings is 2. The normalized spacial score (nSPS) is 11.2. The summed E-state index contributed by atoms with van der Waals surface area (Å²) >= 11 is 1.43. The van der Waals surface area contributed by atoms with Gasteiger partial charge in [-0.3, -0.25) is 9.78 Å². The van der Waals surface area contributed by atoms with Crippen molar-refractivity contribution in [3.8, 4) is 10.6 Å². The maximum atomic E-state index is 12.3. The predicted molar refractivity (Wildman–Crippen MR) is 112 cm³/mol. The molecule has 0 atom stereocenters. The molecule has 0 saturated carbocycles. The van der Waals surface area contributed by atoms with Gasteiger partial charge >= 0.3 is 0 Å². The number of hydrogen-bond donors (Lipinski definition) is 1. The van der Waals surface area contributed by atoms with Crippen LogP contribution in [0.2, 0.25) is 0 Å². The van der Waals surface area contributed by atoms with E-state index in [0.717, 1.165) is 28.0 Å². The molecule has 4 rings (SSSR count). The van der Waals surface area contributed by atoms with Gasteiger partial charge in [0.25, 0.3) is 5.91 Å². The van der Waals surface area contributed by atoms with Gasteiger partial charge in [-0.15, -0.1) is 11.3 Å². The first-order chi connectivity index (χ1) is 13.7. The molecule has 1 amide bonds. The van der Waals surface area contributed by atoms with Crippen LogP contribution in [0.4, 0.5) is 0 Å². The fourth-order valence-electron chi connectivity index (χ4n) is 2.64. The van der Waals surface area contributed by atoms with E-state index in [1.54, 1.807) is 11.6 Å².